The zero-order chi connectivity index (χ0) is 20.3. The molecule has 0 saturated carbocycles. The zero-order valence-corrected chi connectivity index (χ0v) is 17.1. The highest BCUT2D eigenvalue weighted by molar-refractivity contribution is 7.17. The van der Waals surface area contributed by atoms with Crippen molar-refractivity contribution in [1.82, 2.24) is 10.3 Å². The maximum Gasteiger partial charge on any atom is 0.326 e. The molecule has 1 aromatic heterocycles. The van der Waals surface area contributed by atoms with Crippen molar-refractivity contribution in [3.63, 3.8) is 0 Å². The number of halogens is 2. The molecule has 1 heterocycles. The molecule has 2 N–H and O–H groups in total. The van der Waals surface area contributed by atoms with E-state index in [0.29, 0.717) is 31.2 Å². The van der Waals surface area contributed by atoms with Crippen LogP contribution in [0.2, 0.25) is 10.0 Å². The number of aromatic nitrogens is 1. The number of thiazole rings is 1. The molecule has 3 aromatic rings. The number of benzene rings is 2. The third kappa shape index (κ3) is 4.52. The Morgan fingerprint density at radius 3 is 2.36 bits per heavy atom. The predicted molar refractivity (Wildman–Crippen MR) is 111 cm³/mol. The Balaban J connectivity index is 1.84. The standard InChI is InChI=1S/C20H16Cl2N2O3S/c1-11-17(28-19(23-11)16-13(21)8-5-9-14(16)22)18(25)24-15(20(26)27)10-12-6-3-2-4-7-12/h2-9,15H,10H2,1H3,(H,24,25)(H,26,27)/t15-/m0/s1. The van der Waals surface area contributed by atoms with Crippen LogP contribution >= 0.6 is 34.5 Å². The van der Waals surface area contributed by atoms with Crippen molar-refractivity contribution in [3.8, 4) is 10.6 Å². The molecule has 28 heavy (non-hydrogen) atoms. The number of amides is 1. The molecule has 1 atom stereocenters. The summed E-state index contributed by atoms with van der Waals surface area (Å²) < 4.78 is 0. The van der Waals surface area contributed by atoms with Crippen LogP contribution in [0.25, 0.3) is 10.6 Å². The number of carboxylic acids is 1. The Morgan fingerprint density at radius 2 is 1.75 bits per heavy atom. The Morgan fingerprint density at radius 1 is 1.11 bits per heavy atom. The summed E-state index contributed by atoms with van der Waals surface area (Å²) in [6.45, 7) is 1.69. The number of carbonyl (C=O) groups is 2. The fraction of sp³-hybridized carbons (Fsp3) is 0.150. The van der Waals surface area contributed by atoms with Gasteiger partial charge in [0.15, 0.2) is 0 Å². The molecule has 0 aliphatic heterocycles. The van der Waals surface area contributed by atoms with Gasteiger partial charge in [0.05, 0.1) is 15.7 Å². The fourth-order valence-electron chi connectivity index (χ4n) is 2.69. The number of nitrogens with zero attached hydrogens (tertiary/aromatic N) is 1. The van der Waals surface area contributed by atoms with Gasteiger partial charge in [-0.25, -0.2) is 9.78 Å². The number of carboxylic acid groups (broad SMARTS) is 1. The van der Waals surface area contributed by atoms with Crippen molar-refractivity contribution in [2.75, 3.05) is 0 Å². The first-order valence-electron chi connectivity index (χ1n) is 8.36. The predicted octanol–water partition coefficient (Wildman–Crippen LogP) is 4.85. The molecule has 0 bridgehead atoms. The second-order valence-electron chi connectivity index (χ2n) is 6.08. The first-order valence-corrected chi connectivity index (χ1v) is 9.93. The van der Waals surface area contributed by atoms with E-state index < -0.39 is 17.9 Å². The van der Waals surface area contributed by atoms with Gasteiger partial charge in [0, 0.05) is 12.0 Å². The van der Waals surface area contributed by atoms with Crippen molar-refractivity contribution in [2.24, 2.45) is 0 Å². The molecule has 0 radical (unpaired) electrons. The van der Waals surface area contributed by atoms with Crippen LogP contribution in [0.15, 0.2) is 48.5 Å². The van der Waals surface area contributed by atoms with Gasteiger partial charge in [-0.3, -0.25) is 4.79 Å². The molecule has 0 fully saturated rings. The van der Waals surface area contributed by atoms with Gasteiger partial charge >= 0.3 is 5.97 Å². The molecule has 5 nitrogen and oxygen atoms in total. The normalized spacial score (nSPS) is 11.8. The molecule has 3 rings (SSSR count). The first kappa shape index (κ1) is 20.3. The van der Waals surface area contributed by atoms with Gasteiger partial charge in [-0.05, 0) is 24.6 Å². The smallest absolute Gasteiger partial charge is 0.326 e. The molecule has 144 valence electrons. The molecule has 0 aliphatic carbocycles. The van der Waals surface area contributed by atoms with Crippen molar-refractivity contribution in [2.45, 2.75) is 19.4 Å². The third-order valence-corrected chi connectivity index (χ3v) is 5.87. The lowest BCUT2D eigenvalue weighted by Gasteiger charge is -2.14. The van der Waals surface area contributed by atoms with Crippen LogP contribution in [0.1, 0.15) is 20.9 Å². The summed E-state index contributed by atoms with van der Waals surface area (Å²) in [5.41, 5.74) is 1.86. The number of nitrogens with one attached hydrogen (secondary N) is 1. The molecule has 0 spiro atoms. The second kappa shape index (κ2) is 8.73. The Kier molecular flexibility index (Phi) is 6.34. The van der Waals surface area contributed by atoms with Gasteiger partial charge in [0.25, 0.3) is 5.91 Å². The van der Waals surface area contributed by atoms with E-state index in [9.17, 15) is 14.7 Å². The van der Waals surface area contributed by atoms with Crippen LogP contribution in [-0.4, -0.2) is 28.0 Å². The van der Waals surface area contributed by atoms with Crippen LogP contribution in [0, 0.1) is 6.92 Å². The minimum absolute atomic E-state index is 0.183. The van der Waals surface area contributed by atoms with E-state index in [4.69, 9.17) is 23.2 Å². The summed E-state index contributed by atoms with van der Waals surface area (Å²) in [7, 11) is 0. The van der Waals surface area contributed by atoms with Gasteiger partial charge < -0.3 is 10.4 Å². The van der Waals surface area contributed by atoms with Crippen molar-refractivity contribution < 1.29 is 14.7 Å². The Labute approximate surface area is 176 Å². The van der Waals surface area contributed by atoms with Gasteiger partial charge in [-0.1, -0.05) is 59.6 Å². The van der Waals surface area contributed by atoms with Crippen LogP contribution in [-0.2, 0) is 11.2 Å². The number of hydrogen-bond acceptors (Lipinski definition) is 4. The lowest BCUT2D eigenvalue weighted by molar-refractivity contribution is -0.139. The summed E-state index contributed by atoms with van der Waals surface area (Å²) >= 11 is 13.6. The molecule has 0 unspecified atom stereocenters. The molecular weight excluding hydrogens is 419 g/mol. The lowest BCUT2D eigenvalue weighted by atomic mass is 10.1. The second-order valence-corrected chi connectivity index (χ2v) is 7.90. The van der Waals surface area contributed by atoms with E-state index in [1.807, 2.05) is 30.3 Å². The maximum absolute atomic E-state index is 12.7. The number of rotatable bonds is 6. The highest BCUT2D eigenvalue weighted by Gasteiger charge is 2.25. The average Bonchev–Trinajstić information content (AvgIpc) is 3.03. The van der Waals surface area contributed by atoms with Crippen LogP contribution in [0.3, 0.4) is 0 Å². The first-order chi connectivity index (χ1) is 13.4. The third-order valence-electron chi connectivity index (χ3n) is 4.07. The summed E-state index contributed by atoms with van der Waals surface area (Å²) in [6, 6.07) is 13.2. The van der Waals surface area contributed by atoms with Gasteiger partial charge in [0.2, 0.25) is 0 Å². The molecule has 8 heteroatoms. The van der Waals surface area contributed by atoms with E-state index in [2.05, 4.69) is 10.3 Å². The minimum atomic E-state index is -1.10. The van der Waals surface area contributed by atoms with Crippen LogP contribution < -0.4 is 5.32 Å². The Hall–Kier alpha value is -2.41. The number of carbonyl (C=O) groups excluding carboxylic acids is 1. The summed E-state index contributed by atoms with van der Waals surface area (Å²) in [4.78, 5) is 29.1. The minimum Gasteiger partial charge on any atom is -0.480 e. The fourth-order valence-corrected chi connectivity index (χ4v) is 4.42. The van der Waals surface area contributed by atoms with Gasteiger partial charge in [0.1, 0.15) is 15.9 Å². The molecule has 2 aromatic carbocycles. The van der Waals surface area contributed by atoms with E-state index in [0.717, 1.165) is 16.9 Å². The number of aryl methyl sites for hydroxylation is 1. The highest BCUT2D eigenvalue weighted by Crippen LogP contribution is 2.37. The van der Waals surface area contributed by atoms with Crippen molar-refractivity contribution >= 4 is 46.4 Å². The van der Waals surface area contributed by atoms with Gasteiger partial charge in [-0.15, -0.1) is 11.3 Å². The highest BCUT2D eigenvalue weighted by atomic mass is 35.5. The molecule has 1 amide bonds. The maximum atomic E-state index is 12.7. The number of hydrogen-bond donors (Lipinski definition) is 2. The van der Waals surface area contributed by atoms with Gasteiger partial charge in [-0.2, -0.15) is 0 Å². The molecule has 0 aliphatic rings. The molecular formula is C20H16Cl2N2O3S. The lowest BCUT2D eigenvalue weighted by Crippen LogP contribution is -2.42. The summed E-state index contributed by atoms with van der Waals surface area (Å²) in [5.74, 6) is -1.60. The van der Waals surface area contributed by atoms with Crippen LogP contribution in [0.5, 0.6) is 0 Å². The zero-order valence-electron chi connectivity index (χ0n) is 14.8. The average molecular weight is 435 g/mol. The van der Waals surface area contributed by atoms with Crippen molar-refractivity contribution in [1.29, 1.82) is 0 Å². The monoisotopic (exact) mass is 434 g/mol. The summed E-state index contributed by atoms with van der Waals surface area (Å²) in [6.07, 6.45) is 0.183. The van der Waals surface area contributed by atoms with E-state index >= 15 is 0 Å². The molecule has 0 saturated heterocycles. The quantitative estimate of drug-likeness (QED) is 0.580. The largest absolute Gasteiger partial charge is 0.480 e. The van der Waals surface area contributed by atoms with E-state index in [-0.39, 0.29) is 6.42 Å². The SMILES string of the molecule is Cc1nc(-c2c(Cl)cccc2Cl)sc1C(=O)N[C@@H](Cc1ccccc1)C(=O)O. The number of aliphatic carboxylic acids is 1. The topological polar surface area (TPSA) is 79.3 Å². The van der Waals surface area contributed by atoms with E-state index in [1.165, 1.54) is 0 Å². The van der Waals surface area contributed by atoms with E-state index in [1.54, 1.807) is 25.1 Å². The summed E-state index contributed by atoms with van der Waals surface area (Å²) in [5, 5.41) is 13.4. The van der Waals surface area contributed by atoms with Crippen LogP contribution in [0.4, 0.5) is 0 Å². The van der Waals surface area contributed by atoms with Crippen molar-refractivity contribution in [3.05, 3.63) is 74.7 Å². The Bertz CT molecular complexity index is 1000.